The molecule has 224 valence electrons. The molecule has 2 fully saturated rings. The number of fused-ring (bicyclic) bond motifs is 2. The molecule has 7 atom stereocenters. The third kappa shape index (κ3) is 5.01. The van der Waals surface area contributed by atoms with Crippen LogP contribution in [0, 0.1) is 39.2 Å². The summed E-state index contributed by atoms with van der Waals surface area (Å²) in [5.41, 5.74) is 4.24. The number of carbonyl (C=O) groups excluding carboxylic acids is 1. The highest BCUT2D eigenvalue weighted by molar-refractivity contribution is 5.83. The summed E-state index contributed by atoms with van der Waals surface area (Å²) in [4.78, 5) is 25.4. The van der Waals surface area contributed by atoms with Crippen LogP contribution in [0.3, 0.4) is 0 Å². The molecule has 0 unspecified atom stereocenters. The molecule has 3 aromatic carbocycles. The number of nitrogens with zero attached hydrogens (tertiary/aromatic N) is 1. The number of rotatable bonds is 6. The van der Waals surface area contributed by atoms with Crippen LogP contribution in [0.1, 0.15) is 77.8 Å². The number of nitro groups is 1. The Morgan fingerprint density at radius 3 is 2.37 bits per heavy atom. The maximum atomic E-state index is 14.4. The molecule has 3 aliphatic rings. The fourth-order valence-electron chi connectivity index (χ4n) is 8.93. The summed E-state index contributed by atoms with van der Waals surface area (Å²) in [5.74, 6) is 0.136. The molecule has 0 aromatic heterocycles. The normalized spacial score (nSPS) is 30.5. The molecule has 5 heteroatoms. The minimum Gasteiger partial charge on any atom is -0.462 e. The van der Waals surface area contributed by atoms with Gasteiger partial charge in [-0.15, -0.1) is 0 Å². The van der Waals surface area contributed by atoms with Crippen molar-refractivity contribution in [1.82, 2.24) is 0 Å². The van der Waals surface area contributed by atoms with Crippen LogP contribution in [0.15, 0.2) is 90.0 Å². The van der Waals surface area contributed by atoms with Gasteiger partial charge in [-0.25, -0.2) is 0 Å². The molecule has 6 rings (SSSR count). The molecule has 0 radical (unpaired) electrons. The van der Waals surface area contributed by atoms with Crippen molar-refractivity contribution in [3.63, 3.8) is 0 Å². The molecule has 0 spiro atoms. The predicted molar refractivity (Wildman–Crippen MR) is 172 cm³/mol. The molecule has 3 aromatic rings. The predicted octanol–water partition coefficient (Wildman–Crippen LogP) is 9.32. The lowest BCUT2D eigenvalue weighted by atomic mass is 9.42. The first-order chi connectivity index (χ1) is 20.4. The lowest BCUT2D eigenvalue weighted by molar-refractivity contribution is -0.384. The minimum absolute atomic E-state index is 0.0388. The molecule has 0 N–H and O–H groups in total. The highest BCUT2D eigenvalue weighted by Gasteiger charge is 2.63. The van der Waals surface area contributed by atoms with Crippen LogP contribution >= 0.6 is 0 Å². The van der Waals surface area contributed by atoms with Crippen LogP contribution in [0.5, 0.6) is 0 Å². The monoisotopic (exact) mass is 577 g/mol. The van der Waals surface area contributed by atoms with E-state index in [0.717, 1.165) is 24.8 Å². The fourth-order valence-corrected chi connectivity index (χ4v) is 8.93. The molecule has 0 saturated heterocycles. The Kier molecular flexibility index (Phi) is 7.35. The van der Waals surface area contributed by atoms with Crippen LogP contribution in [0.2, 0.25) is 0 Å². The van der Waals surface area contributed by atoms with Gasteiger partial charge in [-0.1, -0.05) is 112 Å². The smallest absolute Gasteiger partial charge is 0.310 e. The average Bonchev–Trinajstić information content (AvgIpc) is 2.95. The van der Waals surface area contributed by atoms with Gasteiger partial charge in [0.2, 0.25) is 0 Å². The van der Waals surface area contributed by atoms with Gasteiger partial charge in [0.05, 0.1) is 10.8 Å². The van der Waals surface area contributed by atoms with Crippen LogP contribution < -0.4 is 0 Å². The second kappa shape index (κ2) is 10.8. The number of non-ortho nitro benzene ring substituents is 1. The van der Waals surface area contributed by atoms with Crippen molar-refractivity contribution in [3.05, 3.63) is 111 Å². The molecular weight excluding hydrogens is 534 g/mol. The van der Waals surface area contributed by atoms with Crippen molar-refractivity contribution >= 4 is 22.4 Å². The zero-order chi connectivity index (χ0) is 30.7. The SMILES string of the molecule is CC1=C[C@]2(C)[C@H](c3ccc([N+](=O)[O-])cc3)[C@@H](C(=O)O[C@@H]3C[C@H](C)CC[C@H]3C(C)(C)c3ccc4ccccc4c3)[C@@H]2C(C)=C1. The lowest BCUT2D eigenvalue weighted by Crippen LogP contribution is -2.58. The van der Waals surface area contributed by atoms with E-state index < -0.39 is 0 Å². The van der Waals surface area contributed by atoms with E-state index in [-0.39, 0.29) is 57.2 Å². The third-order valence-electron chi connectivity index (χ3n) is 11.0. The van der Waals surface area contributed by atoms with E-state index in [0.29, 0.717) is 5.92 Å². The Labute approximate surface area is 255 Å². The van der Waals surface area contributed by atoms with E-state index >= 15 is 0 Å². The summed E-state index contributed by atoms with van der Waals surface area (Å²) < 4.78 is 6.66. The summed E-state index contributed by atoms with van der Waals surface area (Å²) in [6.07, 6.45) is 7.29. The second-order valence-corrected chi connectivity index (χ2v) is 14.3. The van der Waals surface area contributed by atoms with E-state index in [2.05, 4.69) is 96.2 Å². The largest absolute Gasteiger partial charge is 0.462 e. The van der Waals surface area contributed by atoms with E-state index in [1.54, 1.807) is 12.1 Å². The summed E-state index contributed by atoms with van der Waals surface area (Å²) >= 11 is 0. The Balaban J connectivity index is 1.32. The second-order valence-electron chi connectivity index (χ2n) is 14.3. The molecule has 0 heterocycles. The van der Waals surface area contributed by atoms with Crippen LogP contribution in [0.4, 0.5) is 5.69 Å². The number of nitro benzene ring substituents is 1. The van der Waals surface area contributed by atoms with Gasteiger partial charge in [0, 0.05) is 35.3 Å². The number of hydrogen-bond donors (Lipinski definition) is 0. The fraction of sp³-hybridized carbons (Fsp3) is 0.447. The van der Waals surface area contributed by atoms with Crippen molar-refractivity contribution in [2.45, 2.75) is 78.2 Å². The lowest BCUT2D eigenvalue weighted by Gasteiger charge is -2.60. The Bertz CT molecular complexity index is 1630. The summed E-state index contributed by atoms with van der Waals surface area (Å²) in [5, 5.41) is 13.8. The van der Waals surface area contributed by atoms with E-state index in [1.165, 1.54) is 27.5 Å². The van der Waals surface area contributed by atoms with Crippen LogP contribution in [-0.4, -0.2) is 17.0 Å². The average molecular weight is 578 g/mol. The molecule has 3 aliphatic carbocycles. The van der Waals surface area contributed by atoms with Crippen molar-refractivity contribution < 1.29 is 14.5 Å². The van der Waals surface area contributed by atoms with Crippen LogP contribution in [-0.2, 0) is 14.9 Å². The molecule has 43 heavy (non-hydrogen) atoms. The molecule has 0 aliphatic heterocycles. The maximum Gasteiger partial charge on any atom is 0.310 e. The summed E-state index contributed by atoms with van der Waals surface area (Å²) in [6, 6.07) is 22.0. The standard InChI is InChI=1S/C38H43NO4/c1-23-11-18-31(37(4,5)29-15-12-26-9-7-8-10-28(26)21-29)32(20-23)43-36(40)33-34-25(3)19-24(2)22-38(34,6)35(33)27-13-16-30(17-14-27)39(41)42/h7-10,12-17,19,21-23,31-35H,11,18,20H2,1-6H3/t23-,31-,32-,33+,34+,35-,38+/m1/s1. The maximum absolute atomic E-state index is 14.4. The Morgan fingerprint density at radius 1 is 0.977 bits per heavy atom. The number of allylic oxidation sites excluding steroid dienone is 4. The van der Waals surface area contributed by atoms with Gasteiger partial charge in [0.1, 0.15) is 6.10 Å². The zero-order valence-electron chi connectivity index (χ0n) is 26.2. The minimum atomic E-state index is -0.375. The highest BCUT2D eigenvalue weighted by Crippen LogP contribution is 2.66. The highest BCUT2D eigenvalue weighted by atomic mass is 16.6. The van der Waals surface area contributed by atoms with Gasteiger partial charge in [-0.05, 0) is 59.9 Å². The number of esters is 1. The van der Waals surface area contributed by atoms with Crippen molar-refractivity contribution in [2.75, 3.05) is 0 Å². The molecular formula is C38H43NO4. The van der Waals surface area contributed by atoms with Crippen LogP contribution in [0.25, 0.3) is 10.8 Å². The van der Waals surface area contributed by atoms with Crippen molar-refractivity contribution in [3.8, 4) is 0 Å². The molecule has 2 saturated carbocycles. The molecule has 0 amide bonds. The Morgan fingerprint density at radius 2 is 1.67 bits per heavy atom. The number of benzene rings is 3. The first-order valence-corrected chi connectivity index (χ1v) is 15.7. The van der Waals surface area contributed by atoms with E-state index in [1.807, 2.05) is 12.1 Å². The first kappa shape index (κ1) is 29.3. The molecule has 5 nitrogen and oxygen atoms in total. The van der Waals surface area contributed by atoms with E-state index in [4.69, 9.17) is 4.74 Å². The summed E-state index contributed by atoms with van der Waals surface area (Å²) in [7, 11) is 0. The topological polar surface area (TPSA) is 69.4 Å². The van der Waals surface area contributed by atoms with Gasteiger partial charge < -0.3 is 4.74 Å². The first-order valence-electron chi connectivity index (χ1n) is 15.7. The third-order valence-corrected chi connectivity index (χ3v) is 11.0. The molecule has 0 bridgehead atoms. The quantitative estimate of drug-likeness (QED) is 0.166. The van der Waals surface area contributed by atoms with E-state index in [9.17, 15) is 14.9 Å². The number of carbonyl (C=O) groups is 1. The number of hydrogen-bond acceptors (Lipinski definition) is 4. The number of ether oxygens (including phenoxy) is 1. The van der Waals surface area contributed by atoms with Gasteiger partial charge in [0.15, 0.2) is 0 Å². The van der Waals surface area contributed by atoms with Crippen molar-refractivity contribution in [2.24, 2.45) is 29.1 Å². The van der Waals surface area contributed by atoms with Crippen molar-refractivity contribution in [1.29, 1.82) is 0 Å². The summed E-state index contributed by atoms with van der Waals surface area (Å²) in [6.45, 7) is 13.3. The van der Waals surface area contributed by atoms with Gasteiger partial charge in [-0.3, -0.25) is 14.9 Å². The van der Waals surface area contributed by atoms with Gasteiger partial charge in [-0.2, -0.15) is 0 Å². The van der Waals surface area contributed by atoms with Gasteiger partial charge in [0.25, 0.3) is 5.69 Å². The Hall–Kier alpha value is -3.73. The zero-order valence-corrected chi connectivity index (χ0v) is 26.2. The van der Waals surface area contributed by atoms with Gasteiger partial charge >= 0.3 is 5.97 Å².